The van der Waals surface area contributed by atoms with Crippen molar-refractivity contribution in [1.82, 2.24) is 45.9 Å². The summed E-state index contributed by atoms with van der Waals surface area (Å²) in [7, 11) is 0. The quantitative estimate of drug-likeness (QED) is 0.0598. The fraction of sp³-hybridized carbons (Fsp3) is 0.483. The summed E-state index contributed by atoms with van der Waals surface area (Å²) >= 11 is 3.16. The molecule has 6 amide bonds. The summed E-state index contributed by atoms with van der Waals surface area (Å²) in [4.78, 5) is 99.4. The lowest BCUT2D eigenvalue weighted by Crippen LogP contribution is -2.58. The highest BCUT2D eigenvalue weighted by molar-refractivity contribution is 7.13. The zero-order valence-corrected chi connectivity index (χ0v) is 47.8. The van der Waals surface area contributed by atoms with E-state index in [4.69, 9.17) is 9.47 Å². The van der Waals surface area contributed by atoms with E-state index in [9.17, 15) is 33.9 Å². The molecule has 0 spiro atoms. The molecule has 78 heavy (non-hydrogen) atoms. The molecule has 18 nitrogen and oxygen atoms in total. The van der Waals surface area contributed by atoms with Crippen LogP contribution in [0.2, 0.25) is 0 Å². The topological polar surface area (TPSA) is 225 Å². The monoisotopic (exact) mass is 1100 g/mol. The van der Waals surface area contributed by atoms with Gasteiger partial charge in [0.05, 0.1) is 44.8 Å². The highest BCUT2D eigenvalue weighted by Gasteiger charge is 2.47. The largest absolute Gasteiger partial charge is 0.488 e. The molecule has 0 bridgehead atoms. The van der Waals surface area contributed by atoms with E-state index in [0.717, 1.165) is 43.4 Å². The molecule has 2 fully saturated rings. The van der Waals surface area contributed by atoms with Crippen LogP contribution in [0.3, 0.4) is 0 Å². The van der Waals surface area contributed by atoms with Crippen molar-refractivity contribution in [3.63, 3.8) is 0 Å². The van der Waals surface area contributed by atoms with Crippen LogP contribution in [0.4, 0.5) is 4.79 Å². The smallest absolute Gasteiger partial charge is 0.408 e. The van der Waals surface area contributed by atoms with Crippen LogP contribution in [0.5, 0.6) is 5.75 Å². The Morgan fingerprint density at radius 2 is 1.40 bits per heavy atom. The lowest BCUT2D eigenvalue weighted by Gasteiger charge is -2.35. The summed E-state index contributed by atoms with van der Waals surface area (Å²) in [5.74, 6) is -1.86. The number of aromatic nitrogens is 2. The molecule has 3 aromatic carbocycles. The molecule has 5 N–H and O–H groups in total. The number of rotatable bonds is 18. The van der Waals surface area contributed by atoms with Gasteiger partial charge in [0, 0.05) is 50.7 Å². The Bertz CT molecular complexity index is 2980. The SMILES string of the molecule is Cc1ncsc1-c1ccc(CNC[C@@H]2C[C@@H](O)CN2C(=O)[C@H](C(C)C)N2Cc3cc(O[C@@H]4C[C@@H](C(=O)NCc5ccc(-c6scnc6C)cc5)N(C(=O)[C@@H](NC(=O)CNC(=O)OC(C)(C)C)C(C)(C)C)C4)ccc3C2=O)cc1. The van der Waals surface area contributed by atoms with Crippen molar-refractivity contribution < 1.29 is 43.3 Å². The van der Waals surface area contributed by atoms with Gasteiger partial charge in [-0.2, -0.15) is 0 Å². The maximum Gasteiger partial charge on any atom is 0.408 e. The van der Waals surface area contributed by atoms with Crippen molar-refractivity contribution in [3.8, 4) is 26.6 Å². The maximum atomic E-state index is 14.8. The number of benzene rings is 3. The van der Waals surface area contributed by atoms with Gasteiger partial charge in [0.15, 0.2) is 0 Å². The molecule has 416 valence electrons. The van der Waals surface area contributed by atoms with Crippen LogP contribution < -0.4 is 26.0 Å². The number of hydrogen-bond donors (Lipinski definition) is 5. The predicted molar refractivity (Wildman–Crippen MR) is 299 cm³/mol. The molecule has 5 heterocycles. The average Bonchev–Trinajstić information content (AvgIpc) is 4.29. The van der Waals surface area contributed by atoms with Gasteiger partial charge in [-0.25, -0.2) is 14.8 Å². The van der Waals surface area contributed by atoms with E-state index in [0.29, 0.717) is 36.4 Å². The molecule has 3 aliphatic heterocycles. The highest BCUT2D eigenvalue weighted by atomic mass is 32.1. The van der Waals surface area contributed by atoms with Crippen LogP contribution >= 0.6 is 22.7 Å². The van der Waals surface area contributed by atoms with Crippen LogP contribution in [0.25, 0.3) is 20.9 Å². The molecule has 8 rings (SSSR count). The number of thiazole rings is 2. The van der Waals surface area contributed by atoms with Crippen LogP contribution in [0.15, 0.2) is 77.8 Å². The molecule has 2 saturated heterocycles. The van der Waals surface area contributed by atoms with Crippen LogP contribution in [0.1, 0.15) is 107 Å². The first-order valence-electron chi connectivity index (χ1n) is 26.6. The molecule has 3 aliphatic rings. The molecule has 6 atom stereocenters. The average molecular weight is 1100 g/mol. The zero-order valence-electron chi connectivity index (χ0n) is 46.2. The molecule has 0 unspecified atom stereocenters. The summed E-state index contributed by atoms with van der Waals surface area (Å²) in [6.45, 7) is 19.4. The minimum atomic E-state index is -1.10. The second-order valence-electron chi connectivity index (χ2n) is 23.0. The molecular formula is C58H73N9O9S2. The van der Waals surface area contributed by atoms with Gasteiger partial charge >= 0.3 is 6.09 Å². The van der Waals surface area contributed by atoms with Gasteiger partial charge in [-0.15, -0.1) is 22.7 Å². The second-order valence-corrected chi connectivity index (χ2v) is 24.7. The third-order valence-corrected chi connectivity index (χ3v) is 16.2. The molecule has 0 radical (unpaired) electrons. The Morgan fingerprint density at radius 3 is 1.96 bits per heavy atom. The number of ether oxygens (including phenoxy) is 2. The predicted octanol–water partition coefficient (Wildman–Crippen LogP) is 7.00. The van der Waals surface area contributed by atoms with Gasteiger partial charge in [0.1, 0.15) is 42.1 Å². The molecule has 2 aromatic heterocycles. The van der Waals surface area contributed by atoms with Gasteiger partial charge in [0.25, 0.3) is 5.91 Å². The number of aryl methyl sites for hydroxylation is 2. The number of carbonyl (C=O) groups is 6. The number of hydrogen-bond acceptors (Lipinski definition) is 14. The third kappa shape index (κ3) is 13.7. The van der Waals surface area contributed by atoms with Crippen LogP contribution in [0, 0.1) is 25.2 Å². The van der Waals surface area contributed by atoms with Crippen LogP contribution in [-0.4, -0.2) is 134 Å². The number of aliphatic hydroxyl groups excluding tert-OH is 1. The number of alkyl carbamates (subject to hydrolysis) is 1. The Hall–Kier alpha value is -6.74. The molecule has 0 saturated carbocycles. The number of likely N-dealkylation sites (tertiary alicyclic amines) is 2. The molecular weight excluding hydrogens is 1030 g/mol. The standard InChI is InChI=1S/C58H73N9O9S2/c1-33(2)48(54(72)65-29-42(68)22-41(65)26-59-24-36-11-15-38(16-12-36)49-34(3)62-31-77-49)67-28-40-21-43(19-20-45(40)53(67)71)75-44-23-46(52(70)60-25-37-13-17-39(18-14-37)50-35(4)63-32-78-50)66(30-44)55(73)51(57(5,6)7)64-47(69)27-61-56(74)76-58(8,9)10/h11-21,31-33,41-42,44,46,48,51,59,68H,22-30H2,1-10H3,(H,60,70)(H,61,74)(H,64,69)/t41-,42+,44+,46-,48-,51+/m0/s1. The van der Waals surface area contributed by atoms with E-state index in [1.54, 1.807) is 97.7 Å². The van der Waals surface area contributed by atoms with E-state index < -0.39 is 71.7 Å². The van der Waals surface area contributed by atoms with Crippen molar-refractivity contribution in [3.05, 3.63) is 111 Å². The normalized spacial score (nSPS) is 19.2. The summed E-state index contributed by atoms with van der Waals surface area (Å²) in [5.41, 5.74) is 9.15. The summed E-state index contributed by atoms with van der Waals surface area (Å²) in [6.07, 6.45) is -1.62. The summed E-state index contributed by atoms with van der Waals surface area (Å²) in [5, 5.41) is 22.6. The van der Waals surface area contributed by atoms with Gasteiger partial charge in [-0.3, -0.25) is 24.0 Å². The number of nitrogens with one attached hydrogen (secondary N) is 4. The Kier molecular flexibility index (Phi) is 17.7. The van der Waals surface area contributed by atoms with E-state index in [-0.39, 0.29) is 56.4 Å². The zero-order chi connectivity index (χ0) is 56.2. The first-order valence-corrected chi connectivity index (χ1v) is 28.3. The number of amides is 6. The van der Waals surface area contributed by atoms with Gasteiger partial charge in [-0.1, -0.05) is 83.1 Å². The van der Waals surface area contributed by atoms with Crippen molar-refractivity contribution >= 4 is 58.3 Å². The van der Waals surface area contributed by atoms with Crippen molar-refractivity contribution in [2.45, 2.75) is 144 Å². The van der Waals surface area contributed by atoms with Crippen molar-refractivity contribution in [1.29, 1.82) is 0 Å². The molecule has 20 heteroatoms. The number of aliphatic hydroxyl groups is 1. The van der Waals surface area contributed by atoms with E-state index >= 15 is 0 Å². The number of nitrogens with zero attached hydrogens (tertiary/aromatic N) is 5. The molecule has 5 aromatic rings. The summed E-state index contributed by atoms with van der Waals surface area (Å²) in [6, 6.07) is 18.1. The van der Waals surface area contributed by atoms with Crippen molar-refractivity contribution in [2.75, 3.05) is 26.2 Å². The summed E-state index contributed by atoms with van der Waals surface area (Å²) < 4.78 is 11.9. The minimum Gasteiger partial charge on any atom is -0.488 e. The third-order valence-electron chi connectivity index (χ3n) is 14.3. The van der Waals surface area contributed by atoms with E-state index in [1.807, 2.05) is 57.5 Å². The Labute approximate surface area is 464 Å². The lowest BCUT2D eigenvalue weighted by molar-refractivity contribution is -0.143. The lowest BCUT2D eigenvalue weighted by atomic mass is 9.85. The molecule has 0 aliphatic carbocycles. The Balaban J connectivity index is 0.943. The van der Waals surface area contributed by atoms with E-state index in [1.165, 1.54) is 4.90 Å². The number of carbonyl (C=O) groups excluding carboxylic acids is 6. The fourth-order valence-electron chi connectivity index (χ4n) is 10.4. The van der Waals surface area contributed by atoms with Gasteiger partial charge in [-0.05, 0) is 98.4 Å². The number of fused-ring (bicyclic) bond motifs is 1. The van der Waals surface area contributed by atoms with Gasteiger partial charge < -0.3 is 50.5 Å². The Morgan fingerprint density at radius 1 is 0.782 bits per heavy atom. The number of β-amino-alcohol motifs (C(OH)–C–C–N with tert-alkyl or cyclic N) is 1. The maximum absolute atomic E-state index is 14.8. The first-order chi connectivity index (χ1) is 36.9. The first kappa shape index (κ1) is 57.4. The van der Waals surface area contributed by atoms with Crippen molar-refractivity contribution in [2.24, 2.45) is 11.3 Å². The van der Waals surface area contributed by atoms with Gasteiger partial charge in [0.2, 0.25) is 23.6 Å². The fourth-order valence-corrected chi connectivity index (χ4v) is 12.0. The van der Waals surface area contributed by atoms with Crippen LogP contribution in [-0.2, 0) is 43.5 Å². The second kappa shape index (κ2) is 24.1. The van der Waals surface area contributed by atoms with E-state index in [2.05, 4.69) is 55.5 Å². The minimum absolute atomic E-state index is 0.00170. The highest BCUT2D eigenvalue weighted by Crippen LogP contribution is 2.35.